The molecule has 2 aliphatic rings. The lowest BCUT2D eigenvalue weighted by Crippen LogP contribution is -2.49. The summed E-state index contributed by atoms with van der Waals surface area (Å²) in [5.41, 5.74) is 6.66. The van der Waals surface area contributed by atoms with Gasteiger partial charge in [-0.15, -0.1) is 0 Å². The van der Waals surface area contributed by atoms with Crippen LogP contribution >= 0.6 is 0 Å². The summed E-state index contributed by atoms with van der Waals surface area (Å²) in [7, 11) is 0. The number of fused-ring (bicyclic) bond motifs is 1. The zero-order chi connectivity index (χ0) is 16.4. The Kier molecular flexibility index (Phi) is 4.20. The maximum atomic E-state index is 12.7. The quantitative estimate of drug-likeness (QED) is 0.875. The second-order valence-electron chi connectivity index (χ2n) is 6.29. The van der Waals surface area contributed by atoms with Crippen molar-refractivity contribution in [1.29, 1.82) is 5.26 Å². The van der Waals surface area contributed by atoms with Gasteiger partial charge in [-0.25, -0.2) is 4.79 Å². The summed E-state index contributed by atoms with van der Waals surface area (Å²) in [6.45, 7) is 0. The van der Waals surface area contributed by atoms with Gasteiger partial charge in [0, 0.05) is 11.7 Å². The minimum absolute atomic E-state index is 0.0969. The minimum atomic E-state index is -0.526. The van der Waals surface area contributed by atoms with Crippen molar-refractivity contribution in [1.82, 2.24) is 4.90 Å². The average Bonchev–Trinajstić information content (AvgIpc) is 2.95. The standard InChI is InChI=1S/C17H20N4O2/c18-10-11-5-7-13(8-6-11)20-17(23)21-14-4-2-1-3-12(14)9-15(21)16(19)22/h5-8,12,14-15H,1-4,9H2,(H2,19,22)(H,20,23)/t12-,14+,15-/m0/s1. The van der Waals surface area contributed by atoms with E-state index in [0.717, 1.165) is 25.7 Å². The number of benzene rings is 1. The zero-order valence-corrected chi connectivity index (χ0v) is 12.9. The zero-order valence-electron chi connectivity index (χ0n) is 12.9. The number of nitrogens with zero attached hydrogens (tertiary/aromatic N) is 2. The van der Waals surface area contributed by atoms with Crippen LogP contribution in [0, 0.1) is 17.2 Å². The van der Waals surface area contributed by atoms with Crippen LogP contribution in [0.5, 0.6) is 0 Å². The number of nitrogens with one attached hydrogen (secondary N) is 1. The van der Waals surface area contributed by atoms with E-state index in [1.165, 1.54) is 0 Å². The molecule has 6 heteroatoms. The Hall–Kier alpha value is -2.55. The Labute approximate surface area is 135 Å². The van der Waals surface area contributed by atoms with Gasteiger partial charge in [-0.3, -0.25) is 4.79 Å². The largest absolute Gasteiger partial charge is 0.368 e. The van der Waals surface area contributed by atoms with E-state index >= 15 is 0 Å². The molecule has 0 unspecified atom stereocenters. The number of carbonyl (C=O) groups is 2. The fraction of sp³-hybridized carbons (Fsp3) is 0.471. The second kappa shape index (κ2) is 6.29. The van der Waals surface area contributed by atoms with Crippen molar-refractivity contribution in [2.45, 2.75) is 44.2 Å². The highest BCUT2D eigenvalue weighted by atomic mass is 16.2. The molecule has 0 bridgehead atoms. The van der Waals surface area contributed by atoms with E-state index in [2.05, 4.69) is 5.32 Å². The number of primary amides is 1. The molecule has 1 aromatic carbocycles. The summed E-state index contributed by atoms with van der Waals surface area (Å²) in [5, 5.41) is 11.6. The lowest BCUT2D eigenvalue weighted by molar-refractivity contribution is -0.121. The highest BCUT2D eigenvalue weighted by molar-refractivity contribution is 5.94. The first-order chi connectivity index (χ1) is 11.1. The molecule has 1 saturated heterocycles. The topological polar surface area (TPSA) is 99.2 Å². The number of likely N-dealkylation sites (tertiary alicyclic amines) is 1. The molecule has 6 nitrogen and oxygen atoms in total. The molecular weight excluding hydrogens is 292 g/mol. The molecule has 0 spiro atoms. The molecule has 23 heavy (non-hydrogen) atoms. The summed E-state index contributed by atoms with van der Waals surface area (Å²) in [6.07, 6.45) is 4.87. The van der Waals surface area contributed by atoms with Gasteiger partial charge in [0.25, 0.3) is 0 Å². The molecule has 3 amide bonds. The number of rotatable bonds is 2. The molecule has 3 N–H and O–H groups in total. The van der Waals surface area contributed by atoms with Crippen LogP contribution in [0.2, 0.25) is 0 Å². The summed E-state index contributed by atoms with van der Waals surface area (Å²) in [6, 6.07) is 7.99. The van der Waals surface area contributed by atoms with Crippen LogP contribution in [-0.4, -0.2) is 28.9 Å². The van der Waals surface area contributed by atoms with Crippen molar-refractivity contribution in [3.8, 4) is 6.07 Å². The van der Waals surface area contributed by atoms with E-state index in [9.17, 15) is 9.59 Å². The number of nitriles is 1. The highest BCUT2D eigenvalue weighted by Crippen LogP contribution is 2.39. The minimum Gasteiger partial charge on any atom is -0.368 e. The van der Waals surface area contributed by atoms with Gasteiger partial charge in [0.15, 0.2) is 0 Å². The van der Waals surface area contributed by atoms with Crippen LogP contribution < -0.4 is 11.1 Å². The normalized spacial score (nSPS) is 26.2. The third kappa shape index (κ3) is 3.00. The molecule has 1 aromatic rings. The van der Waals surface area contributed by atoms with Crippen molar-refractivity contribution in [2.24, 2.45) is 11.7 Å². The average molecular weight is 312 g/mol. The van der Waals surface area contributed by atoms with E-state index in [1.807, 2.05) is 6.07 Å². The number of hydrogen-bond donors (Lipinski definition) is 2. The molecule has 3 rings (SSSR count). The fourth-order valence-corrected chi connectivity index (χ4v) is 3.82. The Bertz CT molecular complexity index is 650. The first-order valence-electron chi connectivity index (χ1n) is 7.99. The van der Waals surface area contributed by atoms with Crippen molar-refractivity contribution >= 4 is 17.6 Å². The molecule has 0 aromatic heterocycles. The first kappa shape index (κ1) is 15.3. The molecule has 0 radical (unpaired) electrons. The van der Waals surface area contributed by atoms with E-state index in [4.69, 9.17) is 11.0 Å². The van der Waals surface area contributed by atoms with E-state index in [-0.39, 0.29) is 12.1 Å². The molecule has 1 heterocycles. The van der Waals surface area contributed by atoms with Gasteiger partial charge >= 0.3 is 6.03 Å². The molecule has 1 aliphatic heterocycles. The summed E-state index contributed by atoms with van der Waals surface area (Å²) < 4.78 is 0. The van der Waals surface area contributed by atoms with Crippen molar-refractivity contribution in [2.75, 3.05) is 5.32 Å². The summed E-state index contributed by atoms with van der Waals surface area (Å²) in [4.78, 5) is 26.1. The number of urea groups is 1. The van der Waals surface area contributed by atoms with Gasteiger partial charge in [0.05, 0.1) is 11.6 Å². The maximum Gasteiger partial charge on any atom is 0.322 e. The van der Waals surface area contributed by atoms with Gasteiger partial charge in [-0.1, -0.05) is 12.8 Å². The molecule has 3 atom stereocenters. The fourth-order valence-electron chi connectivity index (χ4n) is 3.82. The monoisotopic (exact) mass is 312 g/mol. The van der Waals surface area contributed by atoms with E-state index < -0.39 is 11.9 Å². The summed E-state index contributed by atoms with van der Waals surface area (Å²) in [5.74, 6) is -0.0673. The van der Waals surface area contributed by atoms with Gasteiger partial charge < -0.3 is 16.0 Å². The van der Waals surface area contributed by atoms with Gasteiger partial charge in [0.2, 0.25) is 5.91 Å². The maximum absolute atomic E-state index is 12.7. The lowest BCUT2D eigenvalue weighted by Gasteiger charge is -2.33. The van der Waals surface area contributed by atoms with Crippen LogP contribution in [0.25, 0.3) is 0 Å². The van der Waals surface area contributed by atoms with E-state index in [0.29, 0.717) is 23.6 Å². The third-order valence-corrected chi connectivity index (χ3v) is 4.92. The van der Waals surface area contributed by atoms with Crippen LogP contribution in [0.3, 0.4) is 0 Å². The van der Waals surface area contributed by atoms with Crippen LogP contribution in [0.4, 0.5) is 10.5 Å². The molecule has 1 aliphatic carbocycles. The summed E-state index contributed by atoms with van der Waals surface area (Å²) >= 11 is 0. The van der Waals surface area contributed by atoms with Crippen molar-refractivity contribution < 1.29 is 9.59 Å². The van der Waals surface area contributed by atoms with E-state index in [1.54, 1.807) is 29.2 Å². The number of anilines is 1. The number of carbonyl (C=O) groups excluding carboxylic acids is 2. The van der Waals surface area contributed by atoms with Gasteiger partial charge in [-0.05, 0) is 49.4 Å². The van der Waals surface area contributed by atoms with Crippen molar-refractivity contribution in [3.05, 3.63) is 29.8 Å². The third-order valence-electron chi connectivity index (χ3n) is 4.92. The van der Waals surface area contributed by atoms with Crippen LogP contribution in [0.1, 0.15) is 37.7 Å². The SMILES string of the molecule is N#Cc1ccc(NC(=O)N2[C@@H]3CCCC[C@H]3C[C@H]2C(N)=O)cc1. The highest BCUT2D eigenvalue weighted by Gasteiger charge is 2.46. The van der Waals surface area contributed by atoms with Crippen LogP contribution in [0.15, 0.2) is 24.3 Å². The number of hydrogen-bond acceptors (Lipinski definition) is 3. The molecule has 2 fully saturated rings. The van der Waals surface area contributed by atoms with Crippen molar-refractivity contribution in [3.63, 3.8) is 0 Å². The smallest absolute Gasteiger partial charge is 0.322 e. The Morgan fingerprint density at radius 2 is 1.91 bits per heavy atom. The second-order valence-corrected chi connectivity index (χ2v) is 6.29. The first-order valence-corrected chi connectivity index (χ1v) is 7.99. The molecule has 120 valence electrons. The Balaban J connectivity index is 1.77. The van der Waals surface area contributed by atoms with Gasteiger partial charge in [-0.2, -0.15) is 5.26 Å². The molecular formula is C17H20N4O2. The predicted octanol–water partition coefficient (Wildman–Crippen LogP) is 2.21. The lowest BCUT2D eigenvalue weighted by atomic mass is 9.85. The number of amides is 3. The Morgan fingerprint density at radius 1 is 1.22 bits per heavy atom. The van der Waals surface area contributed by atoms with Crippen LogP contribution in [-0.2, 0) is 4.79 Å². The van der Waals surface area contributed by atoms with Gasteiger partial charge in [0.1, 0.15) is 6.04 Å². The predicted molar refractivity (Wildman–Crippen MR) is 85.4 cm³/mol. The Morgan fingerprint density at radius 3 is 2.57 bits per heavy atom. The number of nitrogens with two attached hydrogens (primary N) is 1. The molecule has 1 saturated carbocycles.